The largest absolute Gasteiger partial charge is 1.00 e. The smallest absolute Gasteiger partial charge is 0.387 e. The number of amidine groups is 1. The molecule has 4 rings (SSSR count). The molecular formula is C18H16Br2F2N2O2S. The zero-order valence-corrected chi connectivity index (χ0v) is 18.0. The highest BCUT2D eigenvalue weighted by Gasteiger charge is 2.54. The number of benzene rings is 2. The Hall–Kier alpha value is -1.16. The van der Waals surface area contributed by atoms with Crippen molar-refractivity contribution in [1.82, 2.24) is 0 Å². The van der Waals surface area contributed by atoms with Crippen LogP contribution in [0.25, 0.3) is 0 Å². The highest BCUT2D eigenvalue weighted by molar-refractivity contribution is 9.10. The summed E-state index contributed by atoms with van der Waals surface area (Å²) >= 11 is 5.14. The van der Waals surface area contributed by atoms with Crippen LogP contribution in [-0.2, 0) is 5.72 Å². The molecule has 4 nitrogen and oxygen atoms in total. The molecule has 9 heteroatoms. The van der Waals surface area contributed by atoms with Crippen LogP contribution < -0.4 is 26.6 Å². The van der Waals surface area contributed by atoms with Gasteiger partial charge in [0.05, 0.1) is 6.54 Å². The number of halogens is 4. The van der Waals surface area contributed by atoms with Crippen molar-refractivity contribution in [3.8, 4) is 5.75 Å². The molecule has 1 N–H and O–H groups in total. The van der Waals surface area contributed by atoms with Crippen molar-refractivity contribution in [1.29, 1.82) is 0 Å². The van der Waals surface area contributed by atoms with Crippen molar-refractivity contribution in [2.45, 2.75) is 12.3 Å². The minimum Gasteiger partial charge on any atom is -1.00 e. The molecule has 0 aromatic heterocycles. The fraction of sp³-hybridized carbons (Fsp3) is 0.278. The van der Waals surface area contributed by atoms with Gasteiger partial charge in [-0.15, -0.1) is 0 Å². The lowest BCUT2D eigenvalue weighted by molar-refractivity contribution is -0.650. The molecular weight excluding hydrogens is 506 g/mol. The lowest BCUT2D eigenvalue weighted by Crippen LogP contribution is -3.00. The molecule has 2 aliphatic rings. The van der Waals surface area contributed by atoms with Gasteiger partial charge in [0.25, 0.3) is 5.72 Å². The van der Waals surface area contributed by atoms with Gasteiger partial charge in [-0.05, 0) is 60.3 Å². The maximum atomic E-state index is 12.3. The molecule has 27 heavy (non-hydrogen) atoms. The Morgan fingerprint density at radius 3 is 2.44 bits per heavy atom. The third kappa shape index (κ3) is 3.87. The molecule has 0 radical (unpaired) electrons. The minimum atomic E-state index is -2.86. The first kappa shape index (κ1) is 20.6. The van der Waals surface area contributed by atoms with Gasteiger partial charge < -0.3 is 26.8 Å². The van der Waals surface area contributed by atoms with E-state index in [1.54, 1.807) is 23.9 Å². The Bertz CT molecular complexity index is 849. The number of nitrogens with zero attached hydrogens (tertiary/aromatic N) is 2. The molecule has 2 aromatic carbocycles. The standard InChI is InChI=1S/C18H16BrF2N2O2S.BrH/c19-13-3-5-14(6-4-13)22-11-18(24,23-9-10-26-17(22)23)12-1-7-15(8-2-12)25-16(20)21;/h1-8,16,24H,9-11H2;1H/q+1;/p-1. The van der Waals surface area contributed by atoms with Gasteiger partial charge in [0, 0.05) is 15.8 Å². The molecule has 0 fully saturated rings. The van der Waals surface area contributed by atoms with Crippen molar-refractivity contribution in [2.75, 3.05) is 23.7 Å². The predicted molar refractivity (Wildman–Crippen MR) is 101 cm³/mol. The van der Waals surface area contributed by atoms with Gasteiger partial charge in [-0.25, -0.2) is 9.48 Å². The zero-order valence-electron chi connectivity index (χ0n) is 14.0. The Labute approximate surface area is 178 Å². The first-order valence-electron chi connectivity index (χ1n) is 8.05. The highest BCUT2D eigenvalue weighted by atomic mass is 79.9. The molecule has 0 bridgehead atoms. The summed E-state index contributed by atoms with van der Waals surface area (Å²) in [6.45, 7) is -1.77. The van der Waals surface area contributed by atoms with Crippen LogP contribution in [0.2, 0.25) is 0 Å². The summed E-state index contributed by atoms with van der Waals surface area (Å²) in [6.07, 6.45) is 0. The quantitative estimate of drug-likeness (QED) is 0.605. The van der Waals surface area contributed by atoms with Gasteiger partial charge in [-0.2, -0.15) is 8.78 Å². The Balaban J connectivity index is 0.00000210. The van der Waals surface area contributed by atoms with E-state index in [-0.39, 0.29) is 22.7 Å². The second-order valence-electron chi connectivity index (χ2n) is 6.06. The number of aliphatic hydroxyl groups is 1. The van der Waals surface area contributed by atoms with Crippen molar-refractivity contribution in [2.24, 2.45) is 0 Å². The second kappa shape index (κ2) is 8.06. The summed E-state index contributed by atoms with van der Waals surface area (Å²) in [7, 11) is 0. The van der Waals surface area contributed by atoms with Crippen molar-refractivity contribution in [3.05, 3.63) is 58.6 Å². The molecule has 0 saturated heterocycles. The van der Waals surface area contributed by atoms with Crippen LogP contribution in [0.4, 0.5) is 14.5 Å². The first-order valence-corrected chi connectivity index (χ1v) is 9.83. The minimum absolute atomic E-state index is 0. The van der Waals surface area contributed by atoms with E-state index in [4.69, 9.17) is 0 Å². The van der Waals surface area contributed by atoms with E-state index >= 15 is 0 Å². The number of thioether (sulfide) groups is 1. The van der Waals surface area contributed by atoms with E-state index in [9.17, 15) is 13.9 Å². The van der Waals surface area contributed by atoms with Crippen LogP contribution in [0.5, 0.6) is 5.75 Å². The topological polar surface area (TPSA) is 35.7 Å². The van der Waals surface area contributed by atoms with Crippen LogP contribution in [0.3, 0.4) is 0 Å². The molecule has 0 spiro atoms. The Morgan fingerprint density at radius 1 is 1.15 bits per heavy atom. The number of rotatable bonds is 4. The van der Waals surface area contributed by atoms with Crippen molar-refractivity contribution in [3.63, 3.8) is 0 Å². The Kier molecular flexibility index (Phi) is 6.14. The molecule has 0 saturated carbocycles. The van der Waals surface area contributed by atoms with Gasteiger partial charge >= 0.3 is 11.8 Å². The van der Waals surface area contributed by atoms with Gasteiger partial charge in [0.2, 0.25) is 0 Å². The van der Waals surface area contributed by atoms with E-state index in [1.807, 2.05) is 28.8 Å². The third-order valence-electron chi connectivity index (χ3n) is 4.51. The van der Waals surface area contributed by atoms with Crippen LogP contribution in [0.15, 0.2) is 53.0 Å². The fourth-order valence-corrected chi connectivity index (χ4v) is 4.76. The SMILES string of the molecule is OC1(c2ccc(OC(F)F)cc2)CN(c2ccc(Br)cc2)C2=[N+]1CCS2.[Br-]. The molecule has 144 valence electrons. The molecule has 2 aromatic rings. The first-order chi connectivity index (χ1) is 12.5. The number of ether oxygens (including phenoxy) is 1. The van der Waals surface area contributed by atoms with Gasteiger partial charge in [0.15, 0.2) is 6.54 Å². The molecule has 1 atom stereocenters. The number of hydrogen-bond acceptors (Lipinski definition) is 4. The average molecular weight is 522 g/mol. The van der Waals surface area contributed by atoms with E-state index in [2.05, 4.69) is 25.6 Å². The van der Waals surface area contributed by atoms with Crippen LogP contribution in [-0.4, -0.2) is 40.3 Å². The van der Waals surface area contributed by atoms with E-state index in [0.29, 0.717) is 12.1 Å². The maximum absolute atomic E-state index is 12.3. The molecule has 2 heterocycles. The van der Waals surface area contributed by atoms with Crippen LogP contribution >= 0.6 is 27.7 Å². The normalized spacial score (nSPS) is 21.4. The number of hydrogen-bond donors (Lipinski definition) is 1. The highest BCUT2D eigenvalue weighted by Crippen LogP contribution is 2.38. The number of β-amino-alcohol motifs (C(OH)–C–C–N with tert-alkyl or cyclic N) is 1. The summed E-state index contributed by atoms with van der Waals surface area (Å²) in [4.78, 5) is 2.09. The lowest BCUT2D eigenvalue weighted by Gasteiger charge is -2.23. The van der Waals surface area contributed by atoms with E-state index in [0.717, 1.165) is 27.6 Å². The molecule has 0 amide bonds. The van der Waals surface area contributed by atoms with E-state index in [1.165, 1.54) is 12.1 Å². The summed E-state index contributed by atoms with van der Waals surface area (Å²) < 4.78 is 32.1. The van der Waals surface area contributed by atoms with Crippen LogP contribution in [0.1, 0.15) is 5.56 Å². The second-order valence-corrected chi connectivity index (χ2v) is 8.04. The third-order valence-corrected chi connectivity index (χ3v) is 6.13. The van der Waals surface area contributed by atoms with Crippen molar-refractivity contribution >= 4 is 38.5 Å². The van der Waals surface area contributed by atoms with Gasteiger partial charge in [-0.1, -0.05) is 15.9 Å². The number of anilines is 1. The maximum Gasteiger partial charge on any atom is 0.387 e. The summed E-state index contributed by atoms with van der Waals surface area (Å²) in [5, 5.41) is 12.4. The predicted octanol–water partition coefficient (Wildman–Crippen LogP) is 0.835. The van der Waals surface area contributed by atoms with Crippen LogP contribution in [0, 0.1) is 0 Å². The molecule has 1 unspecified atom stereocenters. The van der Waals surface area contributed by atoms with Crippen molar-refractivity contribution < 1.29 is 40.2 Å². The van der Waals surface area contributed by atoms with Gasteiger partial charge in [0.1, 0.15) is 11.4 Å². The summed E-state index contributed by atoms with van der Waals surface area (Å²) in [5.41, 5.74) is 0.435. The average Bonchev–Trinajstić information content (AvgIpc) is 3.20. The zero-order chi connectivity index (χ0) is 18.3. The monoisotopic (exact) mass is 520 g/mol. The fourth-order valence-electron chi connectivity index (χ4n) is 3.32. The summed E-state index contributed by atoms with van der Waals surface area (Å²) in [6, 6.07) is 14.1. The van der Waals surface area contributed by atoms with E-state index < -0.39 is 12.3 Å². The molecule has 2 aliphatic heterocycles. The van der Waals surface area contributed by atoms with Gasteiger partial charge in [-0.3, -0.25) is 0 Å². The number of alkyl halides is 2. The lowest BCUT2D eigenvalue weighted by atomic mass is 10.0. The molecule has 0 aliphatic carbocycles. The summed E-state index contributed by atoms with van der Waals surface area (Å²) in [5.74, 6) is 0.965. The Morgan fingerprint density at radius 2 is 1.81 bits per heavy atom.